The van der Waals surface area contributed by atoms with Gasteiger partial charge in [0, 0.05) is 37.7 Å². The van der Waals surface area contributed by atoms with Gasteiger partial charge in [0.25, 0.3) is 0 Å². The minimum Gasteiger partial charge on any atom is -0.357 e. The van der Waals surface area contributed by atoms with E-state index >= 15 is 0 Å². The summed E-state index contributed by atoms with van der Waals surface area (Å²) in [5.41, 5.74) is 1.28. The molecule has 1 aromatic rings. The van der Waals surface area contributed by atoms with E-state index in [-0.39, 0.29) is 24.0 Å². The first-order valence-electron chi connectivity index (χ1n) is 9.85. The van der Waals surface area contributed by atoms with Crippen LogP contribution in [0.2, 0.25) is 5.02 Å². The van der Waals surface area contributed by atoms with E-state index in [1.165, 1.54) is 38.2 Å². The normalized spacial score (nSPS) is 16.5. The molecule has 1 fully saturated rings. The Kier molecular flexibility index (Phi) is 13.1. The molecule has 1 saturated heterocycles. The molecule has 0 amide bonds. The summed E-state index contributed by atoms with van der Waals surface area (Å²) in [6.07, 6.45) is 3.34. The van der Waals surface area contributed by atoms with Gasteiger partial charge < -0.3 is 20.4 Å². The lowest BCUT2D eigenvalue weighted by atomic mass is 10.1. The number of rotatable bonds is 8. The van der Waals surface area contributed by atoms with Crippen molar-refractivity contribution >= 4 is 41.5 Å². The summed E-state index contributed by atoms with van der Waals surface area (Å²) in [6.45, 7) is 10.6. The molecule has 1 aromatic carbocycles. The molecule has 0 unspecified atom stereocenters. The number of aliphatic imine (C=N–C) groups is 1. The number of halogens is 2. The first-order valence-corrected chi connectivity index (χ1v) is 10.2. The first-order chi connectivity index (χ1) is 12.7. The molecule has 0 aliphatic carbocycles. The molecule has 27 heavy (non-hydrogen) atoms. The second-order valence-electron chi connectivity index (χ2n) is 6.92. The van der Waals surface area contributed by atoms with Crippen LogP contribution in [0.1, 0.15) is 25.3 Å². The van der Waals surface area contributed by atoms with Gasteiger partial charge in [0.15, 0.2) is 5.96 Å². The van der Waals surface area contributed by atoms with Gasteiger partial charge in [-0.1, -0.05) is 23.7 Å². The highest BCUT2D eigenvalue weighted by Crippen LogP contribution is 2.09. The molecule has 1 aliphatic heterocycles. The molecule has 0 radical (unpaired) electrons. The Hall–Kier alpha value is -0.570. The molecule has 2 N–H and O–H groups in total. The zero-order valence-corrected chi connectivity index (χ0v) is 19.8. The van der Waals surface area contributed by atoms with Crippen molar-refractivity contribution in [1.29, 1.82) is 0 Å². The lowest BCUT2D eigenvalue weighted by Crippen LogP contribution is -2.38. The summed E-state index contributed by atoms with van der Waals surface area (Å²) in [5, 5.41) is 7.54. The van der Waals surface area contributed by atoms with Gasteiger partial charge in [0.1, 0.15) is 0 Å². The smallest absolute Gasteiger partial charge is 0.191 e. The van der Waals surface area contributed by atoms with Gasteiger partial charge in [-0.05, 0) is 70.6 Å². The quantitative estimate of drug-likeness (QED) is 0.246. The average Bonchev–Trinajstić information content (AvgIpc) is 2.84. The maximum atomic E-state index is 5.93. The zero-order chi connectivity index (χ0) is 18.6. The Bertz CT molecular complexity index is 538. The summed E-state index contributed by atoms with van der Waals surface area (Å²) in [7, 11) is 2.21. The van der Waals surface area contributed by atoms with Crippen LogP contribution in [0.15, 0.2) is 29.3 Å². The van der Waals surface area contributed by atoms with Crippen LogP contribution in [0, 0.1) is 0 Å². The maximum Gasteiger partial charge on any atom is 0.191 e. The molecule has 0 aromatic heterocycles. The summed E-state index contributed by atoms with van der Waals surface area (Å²) >= 11 is 5.93. The molecule has 5 nitrogen and oxygen atoms in total. The summed E-state index contributed by atoms with van der Waals surface area (Å²) < 4.78 is 0. The predicted octanol–water partition coefficient (Wildman–Crippen LogP) is 3.08. The fourth-order valence-corrected chi connectivity index (χ4v) is 3.25. The van der Waals surface area contributed by atoms with Crippen molar-refractivity contribution in [3.8, 4) is 0 Å². The molecule has 1 heterocycles. The topological polar surface area (TPSA) is 42.9 Å². The minimum atomic E-state index is 0. The maximum absolute atomic E-state index is 5.93. The van der Waals surface area contributed by atoms with Crippen LogP contribution >= 0.6 is 35.6 Å². The van der Waals surface area contributed by atoms with E-state index in [1.807, 2.05) is 12.1 Å². The second kappa shape index (κ2) is 14.4. The Balaban J connectivity index is 0.00000364. The monoisotopic (exact) mass is 507 g/mol. The third-order valence-corrected chi connectivity index (χ3v) is 4.93. The fraction of sp³-hybridized carbons (Fsp3) is 0.650. The van der Waals surface area contributed by atoms with E-state index in [0.29, 0.717) is 0 Å². The number of hydrogen-bond acceptors (Lipinski definition) is 3. The molecular formula is C20H35ClIN5. The van der Waals surface area contributed by atoms with Crippen molar-refractivity contribution in [2.24, 2.45) is 4.99 Å². The predicted molar refractivity (Wildman–Crippen MR) is 128 cm³/mol. The molecule has 0 spiro atoms. The Morgan fingerprint density at radius 1 is 1.11 bits per heavy atom. The van der Waals surface area contributed by atoms with Gasteiger partial charge in [-0.3, -0.25) is 4.99 Å². The highest BCUT2D eigenvalue weighted by molar-refractivity contribution is 14.0. The van der Waals surface area contributed by atoms with Crippen molar-refractivity contribution < 1.29 is 0 Å². The average molecular weight is 508 g/mol. The lowest BCUT2D eigenvalue weighted by molar-refractivity contribution is 0.275. The Morgan fingerprint density at radius 3 is 2.63 bits per heavy atom. The zero-order valence-electron chi connectivity index (χ0n) is 16.7. The number of hydrogen-bond donors (Lipinski definition) is 2. The highest BCUT2D eigenvalue weighted by Gasteiger charge is 2.11. The highest BCUT2D eigenvalue weighted by atomic mass is 127. The van der Waals surface area contributed by atoms with Crippen LogP contribution < -0.4 is 10.6 Å². The van der Waals surface area contributed by atoms with Gasteiger partial charge in [0.05, 0.1) is 0 Å². The number of likely N-dealkylation sites (N-methyl/N-ethyl adjacent to an activating group) is 1. The van der Waals surface area contributed by atoms with Crippen LogP contribution in [-0.4, -0.2) is 75.2 Å². The summed E-state index contributed by atoms with van der Waals surface area (Å²) in [4.78, 5) is 9.71. The largest absolute Gasteiger partial charge is 0.357 e. The molecule has 7 heteroatoms. The number of nitrogens with zero attached hydrogens (tertiary/aromatic N) is 3. The standard InChI is InChI=1S/C20H34ClN5.HI/c1-3-22-20(24-12-10-18-6-8-19(21)9-7-18)23-11-4-14-26-15-5-13-25(2)16-17-26;/h6-9H,3-5,10-17H2,1-2H3,(H2,22,23,24);1H. The molecular weight excluding hydrogens is 473 g/mol. The molecule has 1 aliphatic rings. The summed E-state index contributed by atoms with van der Waals surface area (Å²) in [5.74, 6) is 0.914. The molecule has 0 bridgehead atoms. The van der Waals surface area contributed by atoms with Crippen LogP contribution in [0.5, 0.6) is 0 Å². The van der Waals surface area contributed by atoms with Crippen molar-refractivity contribution in [2.45, 2.75) is 26.2 Å². The van der Waals surface area contributed by atoms with Gasteiger partial charge in [-0.25, -0.2) is 0 Å². The van der Waals surface area contributed by atoms with Crippen LogP contribution in [0.4, 0.5) is 0 Å². The Morgan fingerprint density at radius 2 is 1.89 bits per heavy atom. The molecule has 0 atom stereocenters. The van der Waals surface area contributed by atoms with Gasteiger partial charge in [-0.15, -0.1) is 24.0 Å². The van der Waals surface area contributed by atoms with E-state index in [0.717, 1.165) is 50.0 Å². The van der Waals surface area contributed by atoms with Gasteiger partial charge >= 0.3 is 0 Å². The number of benzene rings is 1. The minimum absolute atomic E-state index is 0. The van der Waals surface area contributed by atoms with Crippen molar-refractivity contribution in [3.63, 3.8) is 0 Å². The van der Waals surface area contributed by atoms with Gasteiger partial charge in [0.2, 0.25) is 0 Å². The van der Waals surface area contributed by atoms with E-state index < -0.39 is 0 Å². The molecule has 2 rings (SSSR count). The van der Waals surface area contributed by atoms with Crippen molar-refractivity contribution in [2.75, 3.05) is 59.4 Å². The van der Waals surface area contributed by atoms with Crippen LogP contribution in [0.25, 0.3) is 0 Å². The van der Waals surface area contributed by atoms with Gasteiger partial charge in [-0.2, -0.15) is 0 Å². The van der Waals surface area contributed by atoms with E-state index in [2.05, 4.69) is 46.5 Å². The second-order valence-corrected chi connectivity index (χ2v) is 7.35. The third kappa shape index (κ3) is 10.5. The SMILES string of the molecule is CCNC(=NCCCN1CCCN(C)CC1)NCCc1ccc(Cl)cc1.I. The van der Waals surface area contributed by atoms with E-state index in [4.69, 9.17) is 16.6 Å². The molecule has 0 saturated carbocycles. The first kappa shape index (κ1) is 24.5. The fourth-order valence-electron chi connectivity index (χ4n) is 3.13. The lowest BCUT2D eigenvalue weighted by Gasteiger charge is -2.19. The molecule has 154 valence electrons. The van der Waals surface area contributed by atoms with Crippen LogP contribution in [-0.2, 0) is 6.42 Å². The number of guanidine groups is 1. The number of nitrogens with one attached hydrogen (secondary N) is 2. The Labute approximate surface area is 186 Å². The van der Waals surface area contributed by atoms with Crippen LogP contribution in [0.3, 0.4) is 0 Å². The van der Waals surface area contributed by atoms with E-state index in [1.54, 1.807) is 0 Å². The van der Waals surface area contributed by atoms with E-state index in [9.17, 15) is 0 Å². The van der Waals surface area contributed by atoms with Crippen molar-refractivity contribution in [1.82, 2.24) is 20.4 Å². The summed E-state index contributed by atoms with van der Waals surface area (Å²) in [6, 6.07) is 8.03. The van der Waals surface area contributed by atoms with Crippen molar-refractivity contribution in [3.05, 3.63) is 34.9 Å². The third-order valence-electron chi connectivity index (χ3n) is 4.68.